The monoisotopic (exact) mass is 447 g/mol. The number of aliphatic hydroxyl groups excluding tert-OH is 1. The first-order valence-electron chi connectivity index (χ1n) is 13.6. The molecule has 1 amide bonds. The van der Waals surface area contributed by atoms with Crippen molar-refractivity contribution in [3.63, 3.8) is 0 Å². The number of amides is 1. The molecule has 4 saturated carbocycles. The van der Waals surface area contributed by atoms with Crippen LogP contribution in [0.1, 0.15) is 106 Å². The average molecular weight is 448 g/mol. The Morgan fingerprint density at radius 3 is 2.44 bits per heavy atom. The minimum absolute atomic E-state index is 0.0514. The van der Waals surface area contributed by atoms with E-state index in [0.717, 1.165) is 48.9 Å². The molecule has 0 aromatic rings. The molecular formula is C28H49NO3. The summed E-state index contributed by atoms with van der Waals surface area (Å²) in [4.78, 5) is 12.0. The molecule has 32 heavy (non-hydrogen) atoms. The summed E-state index contributed by atoms with van der Waals surface area (Å²) < 4.78 is 5.40. The van der Waals surface area contributed by atoms with Crippen LogP contribution < -0.4 is 5.32 Å². The highest BCUT2D eigenvalue weighted by molar-refractivity contribution is 5.67. The molecule has 184 valence electrons. The Labute approximate surface area is 196 Å². The maximum Gasteiger partial charge on any atom is 0.407 e. The normalized spacial score (nSPS) is 44.7. The molecule has 0 saturated heterocycles. The number of ether oxygens (including phenoxy) is 1. The van der Waals surface area contributed by atoms with Gasteiger partial charge in [0, 0.05) is 6.54 Å². The summed E-state index contributed by atoms with van der Waals surface area (Å²) in [6.07, 6.45) is 12.2. The largest absolute Gasteiger partial charge is 0.444 e. The van der Waals surface area contributed by atoms with Crippen LogP contribution in [0, 0.1) is 46.3 Å². The van der Waals surface area contributed by atoms with Gasteiger partial charge in [-0.25, -0.2) is 4.79 Å². The molecule has 0 heterocycles. The van der Waals surface area contributed by atoms with E-state index in [9.17, 15) is 9.90 Å². The van der Waals surface area contributed by atoms with Crippen molar-refractivity contribution in [2.24, 2.45) is 46.3 Å². The Morgan fingerprint density at radius 2 is 1.72 bits per heavy atom. The molecule has 0 radical (unpaired) electrons. The third-order valence-corrected chi connectivity index (χ3v) is 10.7. The smallest absolute Gasteiger partial charge is 0.407 e. The van der Waals surface area contributed by atoms with Crippen LogP contribution in [0.3, 0.4) is 0 Å². The van der Waals surface area contributed by atoms with E-state index < -0.39 is 5.60 Å². The number of aliphatic hydroxyl groups is 1. The van der Waals surface area contributed by atoms with E-state index in [1.54, 1.807) is 0 Å². The quantitative estimate of drug-likeness (QED) is 0.513. The Balaban J connectivity index is 1.37. The first-order valence-corrected chi connectivity index (χ1v) is 13.6. The van der Waals surface area contributed by atoms with Crippen molar-refractivity contribution >= 4 is 6.09 Å². The van der Waals surface area contributed by atoms with Gasteiger partial charge in [0.2, 0.25) is 0 Å². The predicted molar refractivity (Wildman–Crippen MR) is 129 cm³/mol. The molecule has 0 aliphatic heterocycles. The van der Waals surface area contributed by atoms with E-state index in [-0.39, 0.29) is 12.2 Å². The fraction of sp³-hybridized carbons (Fsp3) is 0.964. The minimum atomic E-state index is -0.438. The molecule has 9 atom stereocenters. The number of hydrogen-bond donors (Lipinski definition) is 2. The minimum Gasteiger partial charge on any atom is -0.444 e. The van der Waals surface area contributed by atoms with Crippen LogP contribution in [0.25, 0.3) is 0 Å². The molecule has 0 spiro atoms. The molecule has 4 fully saturated rings. The van der Waals surface area contributed by atoms with Gasteiger partial charge in [-0.1, -0.05) is 20.8 Å². The summed E-state index contributed by atoms with van der Waals surface area (Å²) in [6.45, 7) is 14.1. The Morgan fingerprint density at radius 1 is 1.03 bits per heavy atom. The first-order chi connectivity index (χ1) is 14.9. The van der Waals surface area contributed by atoms with E-state index in [2.05, 4.69) is 26.1 Å². The lowest BCUT2D eigenvalue weighted by molar-refractivity contribution is -0.129. The van der Waals surface area contributed by atoms with Crippen LogP contribution >= 0.6 is 0 Å². The fourth-order valence-corrected chi connectivity index (χ4v) is 9.13. The van der Waals surface area contributed by atoms with E-state index >= 15 is 0 Å². The molecule has 4 aliphatic rings. The summed E-state index contributed by atoms with van der Waals surface area (Å²) in [6, 6.07) is 0. The third kappa shape index (κ3) is 4.46. The molecule has 4 aliphatic carbocycles. The number of carbonyl (C=O) groups excluding carboxylic acids is 1. The molecule has 0 bridgehead atoms. The molecular weight excluding hydrogens is 398 g/mol. The van der Waals surface area contributed by atoms with E-state index in [1.807, 2.05) is 20.8 Å². The summed E-state index contributed by atoms with van der Waals surface area (Å²) in [7, 11) is 0. The summed E-state index contributed by atoms with van der Waals surface area (Å²) in [5.41, 5.74) is 0.487. The highest BCUT2D eigenvalue weighted by atomic mass is 16.6. The maximum absolute atomic E-state index is 12.0. The number of nitrogens with one attached hydrogen (secondary N) is 1. The SMILES string of the molecule is C[C@H](CCNC(=O)OC(C)(C)C)[C@H]1CC[C@H]2[C@@H]3CC[C@@H]4C[C@H](O)CC[C@]4(C)[C@H]3CC[C@]12C. The molecule has 0 unspecified atom stereocenters. The van der Waals surface area contributed by atoms with Gasteiger partial charge in [0.25, 0.3) is 0 Å². The van der Waals surface area contributed by atoms with Crippen molar-refractivity contribution in [1.82, 2.24) is 5.32 Å². The van der Waals surface area contributed by atoms with Crippen LogP contribution in [0.15, 0.2) is 0 Å². The lowest BCUT2D eigenvalue weighted by Gasteiger charge is -2.61. The van der Waals surface area contributed by atoms with E-state index in [1.165, 1.54) is 44.9 Å². The molecule has 4 heteroatoms. The van der Waals surface area contributed by atoms with Crippen LogP contribution in [0.2, 0.25) is 0 Å². The van der Waals surface area contributed by atoms with Crippen LogP contribution in [0.4, 0.5) is 4.79 Å². The van der Waals surface area contributed by atoms with Gasteiger partial charge in [-0.05, 0) is 131 Å². The highest BCUT2D eigenvalue weighted by Gasteiger charge is 2.60. The van der Waals surface area contributed by atoms with Crippen LogP contribution in [0.5, 0.6) is 0 Å². The van der Waals surface area contributed by atoms with Crippen molar-refractivity contribution in [2.45, 2.75) is 117 Å². The average Bonchev–Trinajstić information content (AvgIpc) is 3.04. The first kappa shape index (κ1) is 24.4. The second-order valence-electron chi connectivity index (χ2n) is 13.5. The van der Waals surface area contributed by atoms with Gasteiger partial charge in [-0.15, -0.1) is 0 Å². The van der Waals surface area contributed by atoms with Crippen molar-refractivity contribution < 1.29 is 14.6 Å². The summed E-state index contributed by atoms with van der Waals surface area (Å²) in [5, 5.41) is 13.3. The van der Waals surface area contributed by atoms with Gasteiger partial charge in [-0.2, -0.15) is 0 Å². The topological polar surface area (TPSA) is 58.6 Å². The molecule has 0 aromatic carbocycles. The molecule has 0 aromatic heterocycles. The number of hydrogen-bond acceptors (Lipinski definition) is 3. The van der Waals surface area contributed by atoms with Gasteiger partial charge in [0.05, 0.1) is 6.10 Å². The van der Waals surface area contributed by atoms with Gasteiger partial charge in [0.15, 0.2) is 0 Å². The Bertz CT molecular complexity index is 687. The fourth-order valence-electron chi connectivity index (χ4n) is 9.13. The zero-order valence-corrected chi connectivity index (χ0v) is 21.6. The number of rotatable bonds is 4. The highest BCUT2D eigenvalue weighted by Crippen LogP contribution is 2.68. The van der Waals surface area contributed by atoms with E-state index in [0.29, 0.717) is 23.3 Å². The van der Waals surface area contributed by atoms with Crippen molar-refractivity contribution in [3.05, 3.63) is 0 Å². The Hall–Kier alpha value is -0.770. The van der Waals surface area contributed by atoms with E-state index in [4.69, 9.17) is 4.74 Å². The second kappa shape index (κ2) is 8.78. The number of carbonyl (C=O) groups is 1. The zero-order valence-electron chi connectivity index (χ0n) is 21.6. The molecule has 4 nitrogen and oxygen atoms in total. The number of fused-ring (bicyclic) bond motifs is 5. The van der Waals surface area contributed by atoms with Gasteiger partial charge < -0.3 is 15.2 Å². The standard InChI is InChI=1S/C28H49NO3/c1-18(13-16-29-25(31)32-26(2,3)4)22-9-10-23-21-8-7-19-17-20(30)11-14-27(19,5)24(21)12-15-28(22,23)6/h18-24,30H,7-17H2,1-6H3,(H,29,31)/t18-,19-,20-,21+,22-,23+,24+,27+,28-/m1/s1. The molecule has 2 N–H and O–H groups in total. The zero-order chi connectivity index (χ0) is 23.3. The summed E-state index contributed by atoms with van der Waals surface area (Å²) >= 11 is 0. The predicted octanol–water partition coefficient (Wildman–Crippen LogP) is 6.56. The van der Waals surface area contributed by atoms with Gasteiger partial charge >= 0.3 is 6.09 Å². The lowest BCUT2D eigenvalue weighted by Crippen LogP contribution is -2.54. The second-order valence-corrected chi connectivity index (χ2v) is 13.5. The maximum atomic E-state index is 12.0. The Kier molecular flexibility index (Phi) is 6.68. The number of alkyl carbamates (subject to hydrolysis) is 1. The van der Waals surface area contributed by atoms with Crippen LogP contribution in [-0.4, -0.2) is 29.4 Å². The van der Waals surface area contributed by atoms with Crippen molar-refractivity contribution in [3.8, 4) is 0 Å². The van der Waals surface area contributed by atoms with Crippen molar-refractivity contribution in [2.75, 3.05) is 6.54 Å². The van der Waals surface area contributed by atoms with Gasteiger partial charge in [0.1, 0.15) is 5.60 Å². The third-order valence-electron chi connectivity index (χ3n) is 10.7. The van der Waals surface area contributed by atoms with Crippen molar-refractivity contribution in [1.29, 1.82) is 0 Å². The van der Waals surface area contributed by atoms with Crippen LogP contribution in [-0.2, 0) is 4.74 Å². The lowest BCUT2D eigenvalue weighted by atomic mass is 9.44. The van der Waals surface area contributed by atoms with Gasteiger partial charge in [-0.3, -0.25) is 0 Å². The molecule has 4 rings (SSSR count). The summed E-state index contributed by atoms with van der Waals surface area (Å²) in [5.74, 6) is 4.78.